The Kier molecular flexibility index (Phi) is 5.64. The van der Waals surface area contributed by atoms with E-state index in [1.807, 2.05) is 4.72 Å². The largest absolute Gasteiger partial charge is 0.478 e. The van der Waals surface area contributed by atoms with Gasteiger partial charge in [-0.05, 0) is 36.8 Å². The number of ether oxygens (including phenoxy) is 1. The second kappa shape index (κ2) is 7.58. The lowest BCUT2D eigenvalue weighted by molar-refractivity contribution is -0.0522. The number of hydrogen-bond donors (Lipinski definition) is 3. The summed E-state index contributed by atoms with van der Waals surface area (Å²) in [5, 5.41) is 18.1. The molecule has 0 fully saturated rings. The van der Waals surface area contributed by atoms with E-state index in [0.717, 1.165) is 24.3 Å². The Morgan fingerprint density at radius 3 is 2.26 bits per heavy atom. The van der Waals surface area contributed by atoms with Gasteiger partial charge in [0.15, 0.2) is 0 Å². The van der Waals surface area contributed by atoms with Gasteiger partial charge in [0, 0.05) is 5.69 Å². The molecular formula is C16H13F2NO7S. The maximum Gasteiger partial charge on any atom is 0.387 e. The maximum atomic E-state index is 12.6. The fraction of sp³-hybridized carbons (Fsp3) is 0.125. The van der Waals surface area contributed by atoms with Crippen molar-refractivity contribution in [3.63, 3.8) is 0 Å². The highest BCUT2D eigenvalue weighted by molar-refractivity contribution is 7.92. The molecule has 0 aromatic heterocycles. The van der Waals surface area contributed by atoms with Crippen LogP contribution < -0.4 is 9.46 Å². The monoisotopic (exact) mass is 401 g/mol. The van der Waals surface area contributed by atoms with Gasteiger partial charge in [-0.3, -0.25) is 4.72 Å². The number of benzene rings is 2. The predicted octanol–water partition coefficient (Wildman–Crippen LogP) is 2.79. The highest BCUT2D eigenvalue weighted by Crippen LogP contribution is 2.31. The van der Waals surface area contributed by atoms with Crippen LogP contribution >= 0.6 is 0 Å². The molecule has 0 aliphatic carbocycles. The molecule has 0 spiro atoms. The molecule has 3 N–H and O–H groups in total. The molecule has 0 heterocycles. The Hall–Kier alpha value is -3.21. The third-order valence-corrected chi connectivity index (χ3v) is 4.81. The first-order valence-electron chi connectivity index (χ1n) is 7.21. The molecule has 27 heavy (non-hydrogen) atoms. The summed E-state index contributed by atoms with van der Waals surface area (Å²) in [5.41, 5.74) is -1.30. The van der Waals surface area contributed by atoms with Crippen molar-refractivity contribution in [2.75, 3.05) is 4.72 Å². The Balaban J connectivity index is 2.49. The molecule has 0 aliphatic rings. The maximum absolute atomic E-state index is 12.6. The van der Waals surface area contributed by atoms with E-state index < -0.39 is 50.3 Å². The van der Waals surface area contributed by atoms with E-state index in [0.29, 0.717) is 0 Å². The lowest BCUT2D eigenvalue weighted by atomic mass is 10.1. The third kappa shape index (κ3) is 4.50. The lowest BCUT2D eigenvalue weighted by Crippen LogP contribution is -2.17. The molecule has 0 bridgehead atoms. The van der Waals surface area contributed by atoms with Crippen molar-refractivity contribution in [2.24, 2.45) is 0 Å². The molecule has 2 rings (SSSR count). The summed E-state index contributed by atoms with van der Waals surface area (Å²) in [4.78, 5) is 21.6. The Labute approximate surface area is 152 Å². The van der Waals surface area contributed by atoms with Crippen molar-refractivity contribution in [2.45, 2.75) is 18.4 Å². The van der Waals surface area contributed by atoms with Gasteiger partial charge in [-0.1, -0.05) is 12.1 Å². The topological polar surface area (TPSA) is 130 Å². The number of aryl methyl sites for hydroxylation is 1. The smallest absolute Gasteiger partial charge is 0.387 e. The van der Waals surface area contributed by atoms with E-state index in [2.05, 4.69) is 4.74 Å². The number of carboxylic acid groups (broad SMARTS) is 2. The second-order valence-corrected chi connectivity index (χ2v) is 6.91. The summed E-state index contributed by atoms with van der Waals surface area (Å²) in [5.74, 6) is -3.64. The summed E-state index contributed by atoms with van der Waals surface area (Å²) in [7, 11) is -4.44. The van der Waals surface area contributed by atoms with Crippen LogP contribution in [0.25, 0.3) is 0 Å². The SMILES string of the molecule is Cc1cccc(S(=O)(=O)Nc2ccc(C(=O)O)c(C(=O)O)c2)c1OC(F)F. The second-order valence-electron chi connectivity index (χ2n) is 5.26. The van der Waals surface area contributed by atoms with E-state index in [9.17, 15) is 26.8 Å². The number of anilines is 1. The van der Waals surface area contributed by atoms with Crippen LogP contribution in [0.15, 0.2) is 41.3 Å². The first kappa shape index (κ1) is 20.1. The minimum absolute atomic E-state index is 0.144. The molecule has 8 nitrogen and oxygen atoms in total. The molecule has 0 aliphatic heterocycles. The molecule has 0 amide bonds. The van der Waals surface area contributed by atoms with Gasteiger partial charge in [0.05, 0.1) is 11.1 Å². The number of sulfonamides is 1. The third-order valence-electron chi connectivity index (χ3n) is 3.40. The molecule has 2 aromatic carbocycles. The number of carbonyl (C=O) groups is 2. The van der Waals surface area contributed by atoms with Crippen LogP contribution in [-0.4, -0.2) is 37.2 Å². The zero-order chi connectivity index (χ0) is 20.4. The van der Waals surface area contributed by atoms with E-state index in [-0.39, 0.29) is 11.3 Å². The highest BCUT2D eigenvalue weighted by Gasteiger charge is 2.24. The Bertz CT molecular complexity index is 1010. The lowest BCUT2D eigenvalue weighted by Gasteiger charge is -2.15. The number of aromatic carboxylic acids is 2. The fourth-order valence-corrected chi connectivity index (χ4v) is 3.52. The summed E-state index contributed by atoms with van der Waals surface area (Å²) in [6.45, 7) is -1.88. The molecule has 0 saturated heterocycles. The van der Waals surface area contributed by atoms with Crippen LogP contribution in [0.1, 0.15) is 26.3 Å². The molecule has 0 radical (unpaired) electrons. The van der Waals surface area contributed by atoms with Crippen LogP contribution in [0.2, 0.25) is 0 Å². The number of para-hydroxylation sites is 1. The van der Waals surface area contributed by atoms with Crippen LogP contribution in [0.5, 0.6) is 5.75 Å². The zero-order valence-corrected chi connectivity index (χ0v) is 14.5. The van der Waals surface area contributed by atoms with E-state index in [1.165, 1.54) is 19.1 Å². The van der Waals surface area contributed by atoms with Crippen molar-refractivity contribution in [3.8, 4) is 5.75 Å². The van der Waals surface area contributed by atoms with Gasteiger partial charge >= 0.3 is 18.6 Å². The van der Waals surface area contributed by atoms with Gasteiger partial charge in [-0.15, -0.1) is 0 Å². The van der Waals surface area contributed by atoms with Crippen LogP contribution in [-0.2, 0) is 10.0 Å². The first-order chi connectivity index (χ1) is 12.5. The van der Waals surface area contributed by atoms with Gasteiger partial charge in [0.2, 0.25) is 0 Å². The Morgan fingerprint density at radius 2 is 1.70 bits per heavy atom. The number of halogens is 2. The van der Waals surface area contributed by atoms with Gasteiger partial charge < -0.3 is 14.9 Å². The number of hydrogen-bond acceptors (Lipinski definition) is 5. The average molecular weight is 401 g/mol. The number of alkyl halides is 2. The van der Waals surface area contributed by atoms with Crippen molar-refractivity contribution in [3.05, 3.63) is 53.1 Å². The molecular weight excluding hydrogens is 388 g/mol. The van der Waals surface area contributed by atoms with Crippen molar-refractivity contribution in [1.82, 2.24) is 0 Å². The van der Waals surface area contributed by atoms with E-state index in [1.54, 1.807) is 0 Å². The minimum atomic E-state index is -4.44. The van der Waals surface area contributed by atoms with Gasteiger partial charge in [0.1, 0.15) is 10.6 Å². The quantitative estimate of drug-likeness (QED) is 0.650. The van der Waals surface area contributed by atoms with E-state index >= 15 is 0 Å². The fourth-order valence-electron chi connectivity index (χ4n) is 2.26. The Morgan fingerprint density at radius 1 is 1.07 bits per heavy atom. The minimum Gasteiger partial charge on any atom is -0.478 e. The highest BCUT2D eigenvalue weighted by atomic mass is 32.2. The predicted molar refractivity (Wildman–Crippen MR) is 89.0 cm³/mol. The van der Waals surface area contributed by atoms with Crippen LogP contribution in [0.4, 0.5) is 14.5 Å². The van der Waals surface area contributed by atoms with Crippen LogP contribution in [0, 0.1) is 6.92 Å². The number of carboxylic acids is 2. The normalized spacial score (nSPS) is 11.3. The van der Waals surface area contributed by atoms with Crippen molar-refractivity contribution >= 4 is 27.6 Å². The van der Waals surface area contributed by atoms with Crippen LogP contribution in [0.3, 0.4) is 0 Å². The van der Waals surface area contributed by atoms with Crippen molar-refractivity contribution in [1.29, 1.82) is 0 Å². The zero-order valence-electron chi connectivity index (χ0n) is 13.6. The molecule has 11 heteroatoms. The standard InChI is InChI=1S/C16H13F2NO7S/c1-8-3-2-4-12(13(8)26-16(17)18)27(24,25)19-9-5-6-10(14(20)21)11(7-9)15(22)23/h2-7,16,19H,1H3,(H,20,21)(H,22,23). The molecule has 144 valence electrons. The van der Waals surface area contributed by atoms with Gasteiger partial charge in [-0.25, -0.2) is 18.0 Å². The average Bonchev–Trinajstić information content (AvgIpc) is 2.55. The molecule has 0 atom stereocenters. The van der Waals surface area contributed by atoms with Gasteiger partial charge in [0.25, 0.3) is 10.0 Å². The number of rotatable bonds is 7. The van der Waals surface area contributed by atoms with Crippen molar-refractivity contribution < 1.29 is 41.7 Å². The molecule has 2 aromatic rings. The number of nitrogens with one attached hydrogen (secondary N) is 1. The van der Waals surface area contributed by atoms with E-state index in [4.69, 9.17) is 10.2 Å². The first-order valence-corrected chi connectivity index (χ1v) is 8.69. The summed E-state index contributed by atoms with van der Waals surface area (Å²) in [6, 6.07) is 6.50. The summed E-state index contributed by atoms with van der Waals surface area (Å²) in [6.07, 6.45) is 0. The summed E-state index contributed by atoms with van der Waals surface area (Å²) < 4.78 is 56.6. The van der Waals surface area contributed by atoms with Gasteiger partial charge in [-0.2, -0.15) is 8.78 Å². The summed E-state index contributed by atoms with van der Waals surface area (Å²) >= 11 is 0. The molecule has 0 unspecified atom stereocenters. The molecule has 0 saturated carbocycles.